The topological polar surface area (TPSA) is 75.3 Å². The van der Waals surface area contributed by atoms with Crippen molar-refractivity contribution in [2.24, 2.45) is 5.41 Å². The Labute approximate surface area is 112 Å². The van der Waals surface area contributed by atoms with Gasteiger partial charge in [0.1, 0.15) is 0 Å². The standard InChI is InChI=1S/C14H21N3O2/c1-8(14(2,3)4)17(5)11-7-10-12(6-9(11)15)19-13(18)16-10/h6-8H,15H2,1-5H3,(H,16,18). The number of oxazole rings is 1. The number of aromatic amines is 1. The molecule has 0 aliphatic heterocycles. The van der Waals surface area contributed by atoms with Crippen LogP contribution in [0.15, 0.2) is 21.3 Å². The van der Waals surface area contributed by atoms with Crippen LogP contribution in [0.5, 0.6) is 0 Å². The Morgan fingerprint density at radius 2 is 2.00 bits per heavy atom. The lowest BCUT2D eigenvalue weighted by atomic mass is 9.87. The van der Waals surface area contributed by atoms with E-state index in [0.717, 1.165) is 5.69 Å². The highest BCUT2D eigenvalue weighted by Crippen LogP contribution is 2.32. The number of hydrogen-bond acceptors (Lipinski definition) is 4. The second kappa shape index (κ2) is 4.33. The molecule has 2 aromatic rings. The van der Waals surface area contributed by atoms with E-state index in [1.165, 1.54) is 0 Å². The Morgan fingerprint density at radius 1 is 1.37 bits per heavy atom. The van der Waals surface area contributed by atoms with Crippen molar-refractivity contribution in [2.75, 3.05) is 17.7 Å². The summed E-state index contributed by atoms with van der Waals surface area (Å²) in [5.41, 5.74) is 8.84. The first-order chi connectivity index (χ1) is 8.70. The van der Waals surface area contributed by atoms with E-state index in [1.54, 1.807) is 6.07 Å². The van der Waals surface area contributed by atoms with E-state index in [-0.39, 0.29) is 5.41 Å². The number of nitrogens with one attached hydrogen (secondary N) is 1. The van der Waals surface area contributed by atoms with Crippen molar-refractivity contribution in [1.82, 2.24) is 4.98 Å². The molecule has 0 aliphatic carbocycles. The molecule has 0 saturated carbocycles. The zero-order valence-electron chi connectivity index (χ0n) is 12.1. The first-order valence-corrected chi connectivity index (χ1v) is 6.35. The van der Waals surface area contributed by atoms with E-state index in [0.29, 0.717) is 22.8 Å². The predicted octanol–water partition coefficient (Wildman–Crippen LogP) is 2.57. The SMILES string of the molecule is CC(N(C)c1cc2[nH]c(=O)oc2cc1N)C(C)(C)C. The molecule has 3 N–H and O–H groups in total. The van der Waals surface area contributed by atoms with Crippen LogP contribution in [0.2, 0.25) is 0 Å². The van der Waals surface area contributed by atoms with Gasteiger partial charge in [-0.3, -0.25) is 4.98 Å². The summed E-state index contributed by atoms with van der Waals surface area (Å²) in [6, 6.07) is 3.84. The van der Waals surface area contributed by atoms with Gasteiger partial charge in [0.05, 0.1) is 16.9 Å². The number of rotatable bonds is 2. The summed E-state index contributed by atoms with van der Waals surface area (Å²) in [7, 11) is 2.01. The molecule has 0 radical (unpaired) electrons. The zero-order valence-corrected chi connectivity index (χ0v) is 12.1. The summed E-state index contributed by atoms with van der Waals surface area (Å²) in [4.78, 5) is 16.0. The van der Waals surface area contributed by atoms with E-state index < -0.39 is 5.76 Å². The summed E-state index contributed by atoms with van der Waals surface area (Å²) in [6.45, 7) is 8.70. The van der Waals surface area contributed by atoms with Crippen LogP contribution in [-0.2, 0) is 0 Å². The van der Waals surface area contributed by atoms with Crippen molar-refractivity contribution in [3.8, 4) is 0 Å². The molecule has 5 heteroatoms. The summed E-state index contributed by atoms with van der Waals surface area (Å²) >= 11 is 0. The minimum Gasteiger partial charge on any atom is -0.408 e. The maximum Gasteiger partial charge on any atom is 0.417 e. The summed E-state index contributed by atoms with van der Waals surface area (Å²) < 4.78 is 5.00. The van der Waals surface area contributed by atoms with Gasteiger partial charge in [-0.15, -0.1) is 0 Å². The van der Waals surface area contributed by atoms with Gasteiger partial charge in [-0.25, -0.2) is 4.79 Å². The number of anilines is 2. The normalized spacial score (nSPS) is 13.7. The first kappa shape index (κ1) is 13.5. The van der Waals surface area contributed by atoms with Crippen LogP contribution >= 0.6 is 0 Å². The molecular weight excluding hydrogens is 242 g/mol. The molecule has 1 aromatic carbocycles. The number of hydrogen-bond donors (Lipinski definition) is 2. The van der Waals surface area contributed by atoms with E-state index in [4.69, 9.17) is 10.2 Å². The molecule has 1 atom stereocenters. The Bertz CT molecular complexity index is 649. The minimum atomic E-state index is -0.460. The van der Waals surface area contributed by atoms with Gasteiger partial charge < -0.3 is 15.1 Å². The number of nitrogens with zero attached hydrogens (tertiary/aromatic N) is 1. The van der Waals surface area contributed by atoms with E-state index in [9.17, 15) is 4.79 Å². The molecule has 104 valence electrons. The third kappa shape index (κ3) is 2.45. The fraction of sp³-hybridized carbons (Fsp3) is 0.500. The van der Waals surface area contributed by atoms with Crippen LogP contribution in [0.3, 0.4) is 0 Å². The van der Waals surface area contributed by atoms with Crippen LogP contribution in [0.1, 0.15) is 27.7 Å². The quantitative estimate of drug-likeness (QED) is 0.816. The van der Waals surface area contributed by atoms with E-state index >= 15 is 0 Å². The van der Waals surface area contributed by atoms with Crippen LogP contribution in [-0.4, -0.2) is 18.1 Å². The van der Waals surface area contributed by atoms with Crippen LogP contribution < -0.4 is 16.4 Å². The molecule has 5 nitrogen and oxygen atoms in total. The van der Waals surface area contributed by atoms with Crippen molar-refractivity contribution in [1.29, 1.82) is 0 Å². The maximum absolute atomic E-state index is 11.2. The van der Waals surface area contributed by atoms with Gasteiger partial charge in [0.25, 0.3) is 0 Å². The van der Waals surface area contributed by atoms with Gasteiger partial charge in [-0.2, -0.15) is 0 Å². The molecule has 1 unspecified atom stereocenters. The second-order valence-electron chi connectivity index (χ2n) is 6.07. The monoisotopic (exact) mass is 263 g/mol. The second-order valence-corrected chi connectivity index (χ2v) is 6.07. The van der Waals surface area contributed by atoms with Gasteiger partial charge in [0, 0.05) is 19.2 Å². The molecule has 0 spiro atoms. The van der Waals surface area contributed by atoms with E-state index in [1.807, 2.05) is 13.1 Å². The smallest absolute Gasteiger partial charge is 0.408 e. The lowest BCUT2D eigenvalue weighted by molar-refractivity contribution is 0.330. The Balaban J connectivity index is 2.49. The van der Waals surface area contributed by atoms with E-state index in [2.05, 4.69) is 37.6 Å². The third-order valence-corrected chi connectivity index (χ3v) is 3.78. The molecule has 19 heavy (non-hydrogen) atoms. The fourth-order valence-electron chi connectivity index (χ4n) is 2.10. The highest BCUT2D eigenvalue weighted by atomic mass is 16.4. The van der Waals surface area contributed by atoms with Gasteiger partial charge in [-0.1, -0.05) is 20.8 Å². The summed E-state index contributed by atoms with van der Waals surface area (Å²) in [5.74, 6) is -0.460. The van der Waals surface area contributed by atoms with Gasteiger partial charge in [-0.05, 0) is 18.4 Å². The van der Waals surface area contributed by atoms with Crippen LogP contribution in [0.4, 0.5) is 11.4 Å². The Kier molecular flexibility index (Phi) is 3.08. The fourth-order valence-corrected chi connectivity index (χ4v) is 2.10. The average molecular weight is 263 g/mol. The average Bonchev–Trinajstić information content (AvgIpc) is 2.64. The lowest BCUT2D eigenvalue weighted by Gasteiger charge is -2.37. The van der Waals surface area contributed by atoms with Gasteiger partial charge in [0.2, 0.25) is 0 Å². The molecule has 1 aromatic heterocycles. The van der Waals surface area contributed by atoms with Crippen LogP contribution in [0, 0.1) is 5.41 Å². The summed E-state index contributed by atoms with van der Waals surface area (Å²) in [6.07, 6.45) is 0. The molecule has 0 saturated heterocycles. The maximum atomic E-state index is 11.2. The number of fused-ring (bicyclic) bond motifs is 1. The molecule has 0 fully saturated rings. The number of benzene rings is 1. The summed E-state index contributed by atoms with van der Waals surface area (Å²) in [5, 5.41) is 0. The Morgan fingerprint density at radius 3 is 2.58 bits per heavy atom. The van der Waals surface area contributed by atoms with Crippen molar-refractivity contribution in [3.63, 3.8) is 0 Å². The van der Waals surface area contributed by atoms with Crippen molar-refractivity contribution in [3.05, 3.63) is 22.7 Å². The predicted molar refractivity (Wildman–Crippen MR) is 78.6 cm³/mol. The van der Waals surface area contributed by atoms with Gasteiger partial charge in [0.15, 0.2) is 5.58 Å². The highest BCUT2D eigenvalue weighted by molar-refractivity contribution is 5.85. The molecule has 2 rings (SSSR count). The largest absolute Gasteiger partial charge is 0.417 e. The molecular formula is C14H21N3O2. The Hall–Kier alpha value is -1.91. The third-order valence-electron chi connectivity index (χ3n) is 3.78. The number of nitrogens with two attached hydrogens (primary N) is 1. The van der Waals surface area contributed by atoms with Crippen molar-refractivity contribution < 1.29 is 4.42 Å². The minimum absolute atomic E-state index is 0.125. The number of H-pyrrole nitrogens is 1. The highest BCUT2D eigenvalue weighted by Gasteiger charge is 2.25. The van der Waals surface area contributed by atoms with Crippen molar-refractivity contribution >= 4 is 22.5 Å². The van der Waals surface area contributed by atoms with Gasteiger partial charge >= 0.3 is 5.76 Å². The molecule has 0 aliphatic rings. The molecule has 0 bridgehead atoms. The molecule has 0 amide bonds. The number of aromatic nitrogens is 1. The zero-order chi connectivity index (χ0) is 14.4. The lowest BCUT2D eigenvalue weighted by Crippen LogP contribution is -2.39. The first-order valence-electron chi connectivity index (χ1n) is 6.35. The molecule has 1 heterocycles. The number of nitrogen functional groups attached to an aromatic ring is 1. The van der Waals surface area contributed by atoms with Crippen LogP contribution in [0.25, 0.3) is 11.1 Å². The van der Waals surface area contributed by atoms with Crippen molar-refractivity contribution in [2.45, 2.75) is 33.7 Å².